The van der Waals surface area contributed by atoms with Crippen LogP contribution in [0.1, 0.15) is 5.56 Å². The van der Waals surface area contributed by atoms with Crippen molar-refractivity contribution in [2.75, 3.05) is 6.61 Å². The first-order valence-electron chi connectivity index (χ1n) is 10.2. The lowest BCUT2D eigenvalue weighted by Gasteiger charge is -2.11. The van der Waals surface area contributed by atoms with Gasteiger partial charge in [-0.2, -0.15) is 0 Å². The van der Waals surface area contributed by atoms with Gasteiger partial charge >= 0.3 is 23.9 Å². The second kappa shape index (κ2) is 13.5. The summed E-state index contributed by atoms with van der Waals surface area (Å²) in [6, 6.07) is 8.85. The van der Waals surface area contributed by atoms with Gasteiger partial charge in [-0.1, -0.05) is 38.5 Å². The van der Waals surface area contributed by atoms with Gasteiger partial charge in [0.25, 0.3) is 0 Å². The average Bonchev–Trinajstić information content (AvgIpc) is 2.88. The molecule has 2 rings (SSSR count). The number of hydrogen-bond acceptors (Lipinski definition) is 9. The zero-order chi connectivity index (χ0) is 26.5. The fourth-order valence-electron chi connectivity index (χ4n) is 2.46. The summed E-state index contributed by atoms with van der Waals surface area (Å²) in [6.07, 6.45) is 7.20. The lowest BCUT2D eigenvalue weighted by Crippen LogP contribution is -2.09. The molecule has 2 aromatic carbocycles. The number of rotatable bonds is 12. The van der Waals surface area contributed by atoms with Crippen LogP contribution in [0.15, 0.2) is 93.1 Å². The van der Waals surface area contributed by atoms with Gasteiger partial charge in [-0.3, -0.25) is 0 Å². The minimum atomic E-state index is -0.752. The van der Waals surface area contributed by atoms with Crippen molar-refractivity contribution in [1.82, 2.24) is 0 Å². The van der Waals surface area contributed by atoms with E-state index in [2.05, 4.69) is 26.3 Å². The molecule has 0 aromatic heterocycles. The van der Waals surface area contributed by atoms with Crippen LogP contribution in [0.5, 0.6) is 28.7 Å². The van der Waals surface area contributed by atoms with E-state index in [0.29, 0.717) is 11.3 Å². The summed E-state index contributed by atoms with van der Waals surface area (Å²) < 4.78 is 26.0. The average molecular weight is 490 g/mol. The second-order valence-electron chi connectivity index (χ2n) is 6.53. The van der Waals surface area contributed by atoms with Gasteiger partial charge in [0, 0.05) is 30.4 Å². The van der Waals surface area contributed by atoms with E-state index >= 15 is 0 Å². The molecule has 0 heterocycles. The largest absolute Gasteiger partial charge is 0.489 e. The highest BCUT2D eigenvalue weighted by atomic mass is 16.6. The van der Waals surface area contributed by atoms with Crippen molar-refractivity contribution < 1.29 is 42.9 Å². The van der Waals surface area contributed by atoms with Crippen LogP contribution >= 0.6 is 0 Å². The predicted molar refractivity (Wildman–Crippen MR) is 131 cm³/mol. The van der Waals surface area contributed by atoms with Crippen LogP contribution in [0, 0.1) is 0 Å². The Balaban J connectivity index is 2.15. The Labute approximate surface area is 207 Å². The van der Waals surface area contributed by atoms with Crippen molar-refractivity contribution in [3.63, 3.8) is 0 Å². The molecule has 9 heteroatoms. The van der Waals surface area contributed by atoms with Crippen molar-refractivity contribution in [2.24, 2.45) is 0 Å². The van der Waals surface area contributed by atoms with Crippen LogP contribution in [0.4, 0.5) is 0 Å². The molecule has 0 bridgehead atoms. The summed E-state index contributed by atoms with van der Waals surface area (Å²) in [4.78, 5) is 46.3. The van der Waals surface area contributed by atoms with E-state index in [0.717, 1.165) is 24.3 Å². The molecular weight excluding hydrogens is 468 g/mol. The summed E-state index contributed by atoms with van der Waals surface area (Å²) in [7, 11) is 0. The first kappa shape index (κ1) is 27.1. The van der Waals surface area contributed by atoms with E-state index in [1.807, 2.05) is 0 Å². The molecule has 184 valence electrons. The molecule has 0 fully saturated rings. The van der Waals surface area contributed by atoms with Crippen molar-refractivity contribution in [1.29, 1.82) is 0 Å². The third-order valence-corrected chi connectivity index (χ3v) is 4.05. The minimum absolute atomic E-state index is 0.00293. The number of carbonyl (C=O) groups excluding carboxylic acids is 4. The van der Waals surface area contributed by atoms with Gasteiger partial charge in [-0.15, -0.1) is 0 Å². The number of ether oxygens (including phenoxy) is 5. The lowest BCUT2D eigenvalue weighted by atomic mass is 10.2. The Hall–Kier alpha value is -5.18. The Bertz CT molecular complexity index is 1240. The molecule has 0 amide bonds. The summed E-state index contributed by atoms with van der Waals surface area (Å²) in [6.45, 7) is 13.4. The molecule has 0 aliphatic rings. The zero-order valence-electron chi connectivity index (χ0n) is 19.1. The van der Waals surface area contributed by atoms with Gasteiger partial charge in [0.15, 0.2) is 23.0 Å². The molecule has 0 aliphatic heterocycles. The van der Waals surface area contributed by atoms with Gasteiger partial charge in [-0.25, -0.2) is 19.2 Å². The normalized spacial score (nSPS) is 10.0. The third kappa shape index (κ3) is 8.31. The van der Waals surface area contributed by atoms with E-state index in [-0.39, 0.29) is 29.6 Å². The number of hydrogen-bond donors (Lipinski definition) is 0. The quantitative estimate of drug-likeness (QED) is 0.246. The molecule has 0 saturated heterocycles. The maximum Gasteiger partial charge on any atom is 0.335 e. The van der Waals surface area contributed by atoms with E-state index in [1.54, 1.807) is 18.2 Å². The molecule has 0 spiro atoms. The first-order chi connectivity index (χ1) is 17.3. The van der Waals surface area contributed by atoms with Crippen LogP contribution in [0.3, 0.4) is 0 Å². The van der Waals surface area contributed by atoms with Crippen LogP contribution in [0.25, 0.3) is 6.08 Å². The highest BCUT2D eigenvalue weighted by Gasteiger charge is 2.14. The minimum Gasteiger partial charge on any atom is -0.489 e. The van der Waals surface area contributed by atoms with Crippen molar-refractivity contribution in [3.05, 3.63) is 98.7 Å². The topological polar surface area (TPSA) is 114 Å². The Kier molecular flexibility index (Phi) is 10.2. The first-order valence-corrected chi connectivity index (χ1v) is 10.2. The third-order valence-electron chi connectivity index (χ3n) is 4.05. The molecule has 0 saturated carbocycles. The van der Waals surface area contributed by atoms with Gasteiger partial charge in [0.1, 0.15) is 12.4 Å². The van der Waals surface area contributed by atoms with Crippen LogP contribution < -0.4 is 23.7 Å². The van der Waals surface area contributed by atoms with Crippen molar-refractivity contribution >= 4 is 30.0 Å². The van der Waals surface area contributed by atoms with E-state index in [9.17, 15) is 19.2 Å². The fraction of sp³-hybridized carbons (Fsp3) is 0.0370. The molecule has 0 N–H and O–H groups in total. The zero-order valence-corrected chi connectivity index (χ0v) is 19.1. The van der Waals surface area contributed by atoms with E-state index < -0.39 is 23.9 Å². The molecule has 9 nitrogen and oxygen atoms in total. The molecule has 0 aliphatic carbocycles. The highest BCUT2D eigenvalue weighted by Crippen LogP contribution is 2.32. The van der Waals surface area contributed by atoms with Crippen molar-refractivity contribution in [2.45, 2.75) is 0 Å². The SMILES string of the molecule is C=CC(=O)Oc1ccc(C=CCOc2ccc(OC(=O)C=C)c(OC(=O)C=C)c2)cc1OC(=O)C=C. The fourth-order valence-corrected chi connectivity index (χ4v) is 2.46. The Morgan fingerprint density at radius 3 is 1.56 bits per heavy atom. The number of carbonyl (C=O) groups is 4. The van der Waals surface area contributed by atoms with E-state index in [1.165, 1.54) is 30.3 Å². The molecule has 0 atom stereocenters. The standard InChI is InChI=1S/C27H22O9/c1-5-24(28)33-20-13-11-18(16-22(20)35-26(30)7-3)10-9-15-32-19-12-14-21(34-25(29)6-2)23(17-19)36-27(31)8-4/h5-14,16-17H,1-4,15H2. The summed E-state index contributed by atoms with van der Waals surface area (Å²) >= 11 is 0. The Morgan fingerprint density at radius 2 is 1.06 bits per heavy atom. The number of benzene rings is 2. The predicted octanol–water partition coefficient (Wildman–Crippen LogP) is 4.14. The maximum absolute atomic E-state index is 11.6. The van der Waals surface area contributed by atoms with Gasteiger partial charge < -0.3 is 23.7 Å². The van der Waals surface area contributed by atoms with Gasteiger partial charge in [-0.05, 0) is 35.9 Å². The summed E-state index contributed by atoms with van der Waals surface area (Å²) in [5.74, 6) is -2.62. The maximum atomic E-state index is 11.6. The summed E-state index contributed by atoms with van der Waals surface area (Å²) in [5, 5.41) is 0. The smallest absolute Gasteiger partial charge is 0.335 e. The monoisotopic (exact) mass is 490 g/mol. The van der Waals surface area contributed by atoms with Gasteiger partial charge in [0.2, 0.25) is 0 Å². The van der Waals surface area contributed by atoms with Crippen LogP contribution in [0.2, 0.25) is 0 Å². The summed E-state index contributed by atoms with van der Waals surface area (Å²) in [5.41, 5.74) is 0.608. The molecule has 0 radical (unpaired) electrons. The van der Waals surface area contributed by atoms with Crippen molar-refractivity contribution in [3.8, 4) is 28.7 Å². The Morgan fingerprint density at radius 1 is 0.611 bits per heavy atom. The van der Waals surface area contributed by atoms with Crippen LogP contribution in [-0.4, -0.2) is 30.5 Å². The second-order valence-corrected chi connectivity index (χ2v) is 6.53. The van der Waals surface area contributed by atoms with E-state index in [4.69, 9.17) is 23.7 Å². The van der Waals surface area contributed by atoms with Gasteiger partial charge in [0.05, 0.1) is 0 Å². The molecular formula is C27H22O9. The molecule has 36 heavy (non-hydrogen) atoms. The number of esters is 4. The molecule has 0 unspecified atom stereocenters. The lowest BCUT2D eigenvalue weighted by molar-refractivity contribution is -0.131. The molecule has 2 aromatic rings. The van der Waals surface area contributed by atoms with Crippen LogP contribution in [-0.2, 0) is 19.2 Å². The highest BCUT2D eigenvalue weighted by molar-refractivity contribution is 5.87.